The molecule has 0 spiro atoms. The van der Waals surface area contributed by atoms with Crippen molar-refractivity contribution in [1.82, 2.24) is 9.78 Å². The van der Waals surface area contributed by atoms with Crippen molar-refractivity contribution < 1.29 is 0 Å². The Morgan fingerprint density at radius 3 is 2.94 bits per heavy atom. The van der Waals surface area contributed by atoms with Gasteiger partial charge in [0.05, 0.1) is 12.2 Å². The summed E-state index contributed by atoms with van der Waals surface area (Å²) in [6.07, 6.45) is 1.84. The average Bonchev–Trinajstić information content (AvgIpc) is 2.77. The molecule has 1 aromatic carbocycles. The molecule has 0 unspecified atom stereocenters. The van der Waals surface area contributed by atoms with Crippen molar-refractivity contribution in [3.63, 3.8) is 0 Å². The largest absolute Gasteiger partial charge is 0.379 e. The first-order valence-electron chi connectivity index (χ1n) is 5.71. The number of nitrogens with one attached hydrogen (secondary N) is 1. The van der Waals surface area contributed by atoms with Gasteiger partial charge in [-0.25, -0.2) is 0 Å². The van der Waals surface area contributed by atoms with Crippen molar-refractivity contribution in [1.29, 1.82) is 0 Å². The highest BCUT2D eigenvalue weighted by Crippen LogP contribution is 2.21. The molecule has 4 heteroatoms. The predicted molar refractivity (Wildman–Crippen MR) is 74.1 cm³/mol. The van der Waals surface area contributed by atoms with Gasteiger partial charge in [-0.1, -0.05) is 22.0 Å². The molecule has 0 aliphatic carbocycles. The molecule has 17 heavy (non-hydrogen) atoms. The maximum atomic E-state index is 4.25. The van der Waals surface area contributed by atoms with Gasteiger partial charge in [0.1, 0.15) is 0 Å². The van der Waals surface area contributed by atoms with E-state index < -0.39 is 0 Å². The highest BCUT2D eigenvalue weighted by atomic mass is 79.9. The predicted octanol–water partition coefficient (Wildman–Crippen LogP) is 3.59. The summed E-state index contributed by atoms with van der Waals surface area (Å²) < 4.78 is 3.09. The number of anilines is 1. The Bertz CT molecular complexity index is 505. The SMILES string of the molecule is CCn1nccc1CNc1cc(Br)ccc1C. The zero-order valence-corrected chi connectivity index (χ0v) is 11.7. The lowest BCUT2D eigenvalue weighted by Gasteiger charge is -2.11. The lowest BCUT2D eigenvalue weighted by atomic mass is 10.2. The first-order valence-corrected chi connectivity index (χ1v) is 6.50. The molecule has 2 rings (SSSR count). The van der Waals surface area contributed by atoms with Gasteiger partial charge in [-0.15, -0.1) is 0 Å². The molecule has 0 aliphatic heterocycles. The van der Waals surface area contributed by atoms with E-state index in [9.17, 15) is 0 Å². The summed E-state index contributed by atoms with van der Waals surface area (Å²) in [5, 5.41) is 7.69. The number of halogens is 1. The van der Waals surface area contributed by atoms with E-state index in [0.29, 0.717) is 0 Å². The molecule has 2 aromatic rings. The molecule has 3 nitrogen and oxygen atoms in total. The summed E-state index contributed by atoms with van der Waals surface area (Å²) in [7, 11) is 0. The Balaban J connectivity index is 2.09. The van der Waals surface area contributed by atoms with E-state index in [4.69, 9.17) is 0 Å². The van der Waals surface area contributed by atoms with E-state index >= 15 is 0 Å². The summed E-state index contributed by atoms with van der Waals surface area (Å²) in [6, 6.07) is 8.30. The van der Waals surface area contributed by atoms with Gasteiger partial charge in [0.25, 0.3) is 0 Å². The lowest BCUT2D eigenvalue weighted by molar-refractivity contribution is 0.627. The smallest absolute Gasteiger partial charge is 0.0575 e. The number of rotatable bonds is 4. The number of benzene rings is 1. The fourth-order valence-corrected chi connectivity index (χ4v) is 2.13. The molecule has 0 saturated heterocycles. The minimum Gasteiger partial charge on any atom is -0.379 e. The summed E-state index contributed by atoms with van der Waals surface area (Å²) in [4.78, 5) is 0. The molecule has 1 N–H and O–H groups in total. The maximum absolute atomic E-state index is 4.25. The third-order valence-corrected chi connectivity index (χ3v) is 3.26. The zero-order chi connectivity index (χ0) is 12.3. The fourth-order valence-electron chi connectivity index (χ4n) is 1.77. The Morgan fingerprint density at radius 2 is 2.18 bits per heavy atom. The van der Waals surface area contributed by atoms with Gasteiger partial charge in [-0.05, 0) is 37.6 Å². The van der Waals surface area contributed by atoms with Crippen molar-refractivity contribution in [3.05, 3.63) is 46.2 Å². The molecule has 1 aromatic heterocycles. The molecule has 0 amide bonds. The molecule has 0 fully saturated rings. The van der Waals surface area contributed by atoms with Crippen molar-refractivity contribution in [3.8, 4) is 0 Å². The number of aromatic nitrogens is 2. The van der Waals surface area contributed by atoms with Gasteiger partial charge in [0, 0.05) is 22.9 Å². The molecule has 1 heterocycles. The van der Waals surface area contributed by atoms with Crippen LogP contribution in [0.3, 0.4) is 0 Å². The van der Waals surface area contributed by atoms with Crippen molar-refractivity contribution in [2.75, 3.05) is 5.32 Å². The van der Waals surface area contributed by atoms with Crippen LogP contribution in [0.1, 0.15) is 18.2 Å². The topological polar surface area (TPSA) is 29.9 Å². The Labute approximate surface area is 110 Å². The molecule has 0 saturated carbocycles. The Morgan fingerprint density at radius 1 is 1.35 bits per heavy atom. The van der Waals surface area contributed by atoms with Gasteiger partial charge in [0.15, 0.2) is 0 Å². The molecule has 0 bridgehead atoms. The van der Waals surface area contributed by atoms with E-state index in [0.717, 1.165) is 23.2 Å². The minimum absolute atomic E-state index is 0.797. The van der Waals surface area contributed by atoms with Crippen LogP contribution in [0.5, 0.6) is 0 Å². The highest BCUT2D eigenvalue weighted by molar-refractivity contribution is 9.10. The second-order valence-corrected chi connectivity index (χ2v) is 4.87. The van der Waals surface area contributed by atoms with E-state index in [1.807, 2.05) is 16.9 Å². The third kappa shape index (κ3) is 2.88. The molecule has 90 valence electrons. The third-order valence-electron chi connectivity index (χ3n) is 2.76. The first kappa shape index (κ1) is 12.2. The van der Waals surface area contributed by atoms with Crippen LogP contribution in [-0.2, 0) is 13.1 Å². The van der Waals surface area contributed by atoms with Gasteiger partial charge in [0.2, 0.25) is 0 Å². The second-order valence-electron chi connectivity index (χ2n) is 3.95. The number of hydrogen-bond acceptors (Lipinski definition) is 2. The van der Waals surface area contributed by atoms with Crippen LogP contribution >= 0.6 is 15.9 Å². The quantitative estimate of drug-likeness (QED) is 0.934. The van der Waals surface area contributed by atoms with E-state index in [2.05, 4.69) is 58.4 Å². The van der Waals surface area contributed by atoms with Gasteiger partial charge >= 0.3 is 0 Å². The van der Waals surface area contributed by atoms with Crippen LogP contribution in [0.2, 0.25) is 0 Å². The van der Waals surface area contributed by atoms with E-state index in [1.54, 1.807) is 0 Å². The number of aryl methyl sites for hydroxylation is 2. The molecule has 0 aliphatic rings. The minimum atomic E-state index is 0.797. The standard InChI is InChI=1S/C13H16BrN3/c1-3-17-12(6-7-16-17)9-15-13-8-11(14)5-4-10(13)2/h4-8,15H,3,9H2,1-2H3. The summed E-state index contributed by atoms with van der Waals surface area (Å²) in [5.74, 6) is 0. The van der Waals surface area contributed by atoms with Crippen LogP contribution in [0.15, 0.2) is 34.9 Å². The van der Waals surface area contributed by atoms with Crippen LogP contribution in [0, 0.1) is 6.92 Å². The van der Waals surface area contributed by atoms with Crippen molar-refractivity contribution in [2.45, 2.75) is 26.9 Å². The van der Waals surface area contributed by atoms with Gasteiger partial charge < -0.3 is 5.32 Å². The second kappa shape index (κ2) is 5.36. The molecular weight excluding hydrogens is 278 g/mol. The van der Waals surface area contributed by atoms with Crippen molar-refractivity contribution in [2.24, 2.45) is 0 Å². The summed E-state index contributed by atoms with van der Waals surface area (Å²) in [5.41, 5.74) is 3.60. The van der Waals surface area contributed by atoms with Crippen LogP contribution in [-0.4, -0.2) is 9.78 Å². The van der Waals surface area contributed by atoms with E-state index in [1.165, 1.54) is 11.3 Å². The van der Waals surface area contributed by atoms with Crippen LogP contribution in [0.25, 0.3) is 0 Å². The normalized spacial score (nSPS) is 10.5. The summed E-state index contributed by atoms with van der Waals surface area (Å²) >= 11 is 3.49. The Hall–Kier alpha value is -1.29. The molecule has 0 radical (unpaired) electrons. The average molecular weight is 294 g/mol. The monoisotopic (exact) mass is 293 g/mol. The Kier molecular flexibility index (Phi) is 3.84. The van der Waals surface area contributed by atoms with E-state index in [-0.39, 0.29) is 0 Å². The van der Waals surface area contributed by atoms with Crippen LogP contribution < -0.4 is 5.32 Å². The lowest BCUT2D eigenvalue weighted by Crippen LogP contribution is -2.08. The van der Waals surface area contributed by atoms with Gasteiger partial charge in [-0.3, -0.25) is 4.68 Å². The van der Waals surface area contributed by atoms with Crippen molar-refractivity contribution >= 4 is 21.6 Å². The first-order chi connectivity index (χ1) is 8.20. The molecular formula is C13H16BrN3. The fraction of sp³-hybridized carbons (Fsp3) is 0.308. The highest BCUT2D eigenvalue weighted by Gasteiger charge is 2.02. The summed E-state index contributed by atoms with van der Waals surface area (Å²) in [6.45, 7) is 5.90. The zero-order valence-electron chi connectivity index (χ0n) is 10.1. The van der Waals surface area contributed by atoms with Gasteiger partial charge in [-0.2, -0.15) is 5.10 Å². The van der Waals surface area contributed by atoms with Crippen LogP contribution in [0.4, 0.5) is 5.69 Å². The number of hydrogen-bond donors (Lipinski definition) is 1. The maximum Gasteiger partial charge on any atom is 0.0575 e. The number of nitrogens with zero attached hydrogens (tertiary/aromatic N) is 2. The molecule has 0 atom stereocenters.